The second kappa shape index (κ2) is 6.78. The normalized spacial score (nSPS) is 29.2. The first kappa shape index (κ1) is 18.0. The fourth-order valence-corrected chi connectivity index (χ4v) is 6.06. The lowest BCUT2D eigenvalue weighted by atomic mass is 9.85. The number of methoxy groups -OCH3 is 1. The Morgan fingerprint density at radius 3 is 2.79 bits per heavy atom. The number of para-hydroxylation sites is 1. The molecule has 3 aliphatic heterocycles. The molecule has 3 heterocycles. The minimum absolute atomic E-state index is 0.249. The molecule has 3 aliphatic rings. The van der Waals surface area contributed by atoms with Gasteiger partial charge in [-0.25, -0.2) is 0 Å². The fourth-order valence-electron chi connectivity index (χ4n) is 5.79. The van der Waals surface area contributed by atoms with Crippen LogP contribution in [0, 0.1) is 5.92 Å². The standard InChI is InChI=1S/C23H25ClN2O2/c1-28-21-10-5-2-7-16(21)14-25-15-17-13-20(18-8-3-4-9-19(18)24)26-12-6-11-23(17,26)22(25)27/h2-5,7-10,17,20H,6,11-15H2,1H3/t17-,20-,23-/m0/s1. The Morgan fingerprint density at radius 2 is 1.96 bits per heavy atom. The molecule has 3 fully saturated rings. The molecule has 2 aromatic rings. The monoisotopic (exact) mass is 396 g/mol. The number of nitrogens with zero attached hydrogens (tertiary/aromatic N) is 2. The average Bonchev–Trinajstić information content (AvgIpc) is 3.34. The van der Waals surface area contributed by atoms with Crippen LogP contribution in [0.15, 0.2) is 48.5 Å². The number of benzene rings is 2. The molecule has 4 nitrogen and oxygen atoms in total. The summed E-state index contributed by atoms with van der Waals surface area (Å²) in [7, 11) is 1.69. The summed E-state index contributed by atoms with van der Waals surface area (Å²) in [4.78, 5) is 18.2. The number of hydrogen-bond acceptors (Lipinski definition) is 3. The zero-order valence-corrected chi connectivity index (χ0v) is 16.9. The Morgan fingerprint density at radius 1 is 1.18 bits per heavy atom. The number of hydrogen-bond donors (Lipinski definition) is 0. The fraction of sp³-hybridized carbons (Fsp3) is 0.435. The van der Waals surface area contributed by atoms with Crippen LogP contribution in [0.1, 0.15) is 36.4 Å². The number of rotatable bonds is 4. The first-order valence-corrected chi connectivity index (χ1v) is 10.5. The number of carbonyl (C=O) groups excluding carboxylic acids is 1. The van der Waals surface area contributed by atoms with E-state index in [0.717, 1.165) is 48.7 Å². The number of amides is 1. The van der Waals surface area contributed by atoms with Gasteiger partial charge in [-0.2, -0.15) is 0 Å². The quantitative estimate of drug-likeness (QED) is 0.773. The van der Waals surface area contributed by atoms with Gasteiger partial charge >= 0.3 is 0 Å². The third kappa shape index (κ3) is 2.51. The van der Waals surface area contributed by atoms with Crippen molar-refractivity contribution in [2.45, 2.75) is 37.4 Å². The zero-order valence-electron chi connectivity index (χ0n) is 16.1. The Labute approximate surface area is 171 Å². The van der Waals surface area contributed by atoms with Crippen molar-refractivity contribution in [3.8, 4) is 5.75 Å². The molecule has 1 amide bonds. The Bertz CT molecular complexity index is 917. The summed E-state index contributed by atoms with van der Waals surface area (Å²) < 4.78 is 5.49. The maximum absolute atomic E-state index is 13.7. The molecule has 5 rings (SSSR count). The van der Waals surface area contributed by atoms with Crippen molar-refractivity contribution in [1.82, 2.24) is 9.80 Å². The van der Waals surface area contributed by atoms with Crippen LogP contribution in [0.2, 0.25) is 5.02 Å². The summed E-state index contributed by atoms with van der Waals surface area (Å²) in [5.41, 5.74) is 1.90. The second-order valence-electron chi connectivity index (χ2n) is 8.19. The van der Waals surface area contributed by atoms with Crippen LogP contribution in [0.25, 0.3) is 0 Å². The van der Waals surface area contributed by atoms with E-state index < -0.39 is 0 Å². The molecule has 0 aromatic heterocycles. The van der Waals surface area contributed by atoms with Crippen LogP contribution in [0.3, 0.4) is 0 Å². The molecule has 0 bridgehead atoms. The molecule has 0 radical (unpaired) electrons. The summed E-state index contributed by atoms with van der Waals surface area (Å²) in [6.07, 6.45) is 3.03. The van der Waals surface area contributed by atoms with Gasteiger partial charge in [-0.1, -0.05) is 48.0 Å². The molecule has 2 aromatic carbocycles. The van der Waals surface area contributed by atoms with E-state index in [9.17, 15) is 4.79 Å². The SMILES string of the molecule is COc1ccccc1CN1C[C@@H]2C[C@@H](c3ccccc3Cl)N3CCC[C@@]23C1=O. The summed E-state index contributed by atoms with van der Waals surface area (Å²) in [5, 5.41) is 0.813. The van der Waals surface area contributed by atoms with Crippen LogP contribution in [-0.2, 0) is 11.3 Å². The lowest BCUT2D eigenvalue weighted by Gasteiger charge is -2.34. The molecule has 3 atom stereocenters. The van der Waals surface area contributed by atoms with Crippen molar-refractivity contribution >= 4 is 17.5 Å². The maximum Gasteiger partial charge on any atom is 0.243 e. The molecular weight excluding hydrogens is 372 g/mol. The number of halogens is 1. The first-order valence-electron chi connectivity index (χ1n) is 10.1. The van der Waals surface area contributed by atoms with Gasteiger partial charge in [0.05, 0.1) is 7.11 Å². The summed E-state index contributed by atoms with van der Waals surface area (Å²) in [6, 6.07) is 16.3. The van der Waals surface area contributed by atoms with Gasteiger partial charge in [0.15, 0.2) is 0 Å². The van der Waals surface area contributed by atoms with Crippen LogP contribution in [0.4, 0.5) is 0 Å². The van der Waals surface area contributed by atoms with Gasteiger partial charge in [0.1, 0.15) is 11.3 Å². The predicted octanol–water partition coefficient (Wildman–Crippen LogP) is 4.29. The van der Waals surface area contributed by atoms with Crippen LogP contribution < -0.4 is 4.74 Å². The van der Waals surface area contributed by atoms with Gasteiger partial charge in [-0.05, 0) is 43.5 Å². The number of ether oxygens (including phenoxy) is 1. The third-order valence-corrected chi connectivity index (χ3v) is 7.29. The second-order valence-corrected chi connectivity index (χ2v) is 8.60. The van der Waals surface area contributed by atoms with Gasteiger partial charge in [0, 0.05) is 35.6 Å². The molecule has 3 saturated heterocycles. The van der Waals surface area contributed by atoms with Gasteiger partial charge in [0.25, 0.3) is 0 Å². The first-order chi connectivity index (χ1) is 13.6. The van der Waals surface area contributed by atoms with Gasteiger partial charge in [-0.3, -0.25) is 9.69 Å². The molecule has 1 spiro atoms. The Balaban J connectivity index is 1.44. The molecule has 5 heteroatoms. The highest BCUT2D eigenvalue weighted by molar-refractivity contribution is 6.31. The van der Waals surface area contributed by atoms with Crippen molar-refractivity contribution in [1.29, 1.82) is 0 Å². The molecule has 0 aliphatic carbocycles. The van der Waals surface area contributed by atoms with Crippen LogP contribution in [0.5, 0.6) is 5.75 Å². The molecular formula is C23H25ClN2O2. The summed E-state index contributed by atoms with van der Waals surface area (Å²) in [6.45, 7) is 2.40. The minimum Gasteiger partial charge on any atom is -0.496 e. The topological polar surface area (TPSA) is 32.8 Å². The van der Waals surface area contributed by atoms with Crippen LogP contribution >= 0.6 is 11.6 Å². The van der Waals surface area contributed by atoms with E-state index in [1.165, 1.54) is 5.56 Å². The average molecular weight is 397 g/mol. The van der Waals surface area contributed by atoms with E-state index >= 15 is 0 Å². The van der Waals surface area contributed by atoms with E-state index in [0.29, 0.717) is 12.5 Å². The number of likely N-dealkylation sites (tertiary alicyclic amines) is 1. The van der Waals surface area contributed by atoms with Crippen molar-refractivity contribution in [3.05, 3.63) is 64.7 Å². The highest BCUT2D eigenvalue weighted by Crippen LogP contribution is 2.56. The van der Waals surface area contributed by atoms with E-state index in [4.69, 9.17) is 16.3 Å². The lowest BCUT2D eigenvalue weighted by Crippen LogP contribution is -2.49. The highest BCUT2D eigenvalue weighted by Gasteiger charge is 2.65. The predicted molar refractivity (Wildman–Crippen MR) is 109 cm³/mol. The molecule has 0 N–H and O–H groups in total. The Kier molecular flexibility index (Phi) is 4.37. The zero-order chi connectivity index (χ0) is 19.3. The summed E-state index contributed by atoms with van der Waals surface area (Å²) >= 11 is 6.52. The van der Waals surface area contributed by atoms with Crippen LogP contribution in [-0.4, -0.2) is 41.4 Å². The molecule has 0 saturated carbocycles. The van der Waals surface area contributed by atoms with E-state index in [-0.39, 0.29) is 17.5 Å². The summed E-state index contributed by atoms with van der Waals surface area (Å²) in [5.74, 6) is 1.50. The highest BCUT2D eigenvalue weighted by atomic mass is 35.5. The van der Waals surface area contributed by atoms with E-state index in [1.807, 2.05) is 41.3 Å². The minimum atomic E-state index is -0.341. The largest absolute Gasteiger partial charge is 0.496 e. The van der Waals surface area contributed by atoms with Crippen molar-refractivity contribution in [3.63, 3.8) is 0 Å². The molecule has 0 unspecified atom stereocenters. The number of carbonyl (C=O) groups is 1. The Hall–Kier alpha value is -2.04. The molecule has 28 heavy (non-hydrogen) atoms. The van der Waals surface area contributed by atoms with Crippen molar-refractivity contribution in [2.24, 2.45) is 5.92 Å². The molecule has 146 valence electrons. The maximum atomic E-state index is 13.7. The third-order valence-electron chi connectivity index (χ3n) is 6.95. The van der Waals surface area contributed by atoms with Crippen molar-refractivity contribution < 1.29 is 9.53 Å². The van der Waals surface area contributed by atoms with Gasteiger partial charge in [-0.15, -0.1) is 0 Å². The van der Waals surface area contributed by atoms with E-state index in [2.05, 4.69) is 17.0 Å². The van der Waals surface area contributed by atoms with Crippen molar-refractivity contribution in [2.75, 3.05) is 20.2 Å². The van der Waals surface area contributed by atoms with E-state index in [1.54, 1.807) is 7.11 Å². The lowest BCUT2D eigenvalue weighted by molar-refractivity contribution is -0.137. The smallest absolute Gasteiger partial charge is 0.243 e. The van der Waals surface area contributed by atoms with Gasteiger partial charge < -0.3 is 9.64 Å². The van der Waals surface area contributed by atoms with Gasteiger partial charge in [0.2, 0.25) is 5.91 Å².